The molecule has 0 saturated heterocycles. The van der Waals surface area contributed by atoms with E-state index in [9.17, 15) is 4.79 Å². The number of carbonyl (C=O) groups excluding carboxylic acids is 1. The summed E-state index contributed by atoms with van der Waals surface area (Å²) < 4.78 is 1.28. The number of halogens is 2. The molecule has 0 unspecified atom stereocenters. The largest absolute Gasteiger partial charge is 0.345 e. The van der Waals surface area contributed by atoms with Gasteiger partial charge in [-0.05, 0) is 33.6 Å². The fourth-order valence-corrected chi connectivity index (χ4v) is 3.12. The van der Waals surface area contributed by atoms with E-state index >= 15 is 0 Å². The molecule has 0 aliphatic heterocycles. The molecule has 2 aromatic heterocycles. The fourth-order valence-electron chi connectivity index (χ4n) is 0.987. The van der Waals surface area contributed by atoms with Gasteiger partial charge >= 0.3 is 0 Å². The molecule has 0 bridgehead atoms. The highest BCUT2D eigenvalue weighted by atomic mass is 79.9. The molecule has 2 rings (SSSR count). The molecule has 0 fully saturated rings. The van der Waals surface area contributed by atoms with Crippen molar-refractivity contribution in [3.05, 3.63) is 30.3 Å². The van der Waals surface area contributed by atoms with Gasteiger partial charge in [0.05, 0.1) is 6.54 Å². The third-order valence-electron chi connectivity index (χ3n) is 1.64. The molecule has 0 aliphatic rings. The molecule has 0 radical (unpaired) electrons. The number of nitrogens with zero attached hydrogens (tertiary/aromatic N) is 2. The number of rotatable bonds is 3. The summed E-state index contributed by atoms with van der Waals surface area (Å²) in [7, 11) is 0. The molecule has 0 saturated carbocycles. The predicted molar refractivity (Wildman–Crippen MR) is 68.1 cm³/mol. The highest BCUT2D eigenvalue weighted by Gasteiger charge is 2.11. The van der Waals surface area contributed by atoms with Crippen molar-refractivity contribution in [2.75, 3.05) is 0 Å². The van der Waals surface area contributed by atoms with Gasteiger partial charge < -0.3 is 5.32 Å². The zero-order chi connectivity index (χ0) is 11.5. The van der Waals surface area contributed by atoms with Crippen LogP contribution in [0.4, 0.5) is 0 Å². The van der Waals surface area contributed by atoms with Crippen molar-refractivity contribution in [2.45, 2.75) is 6.54 Å². The van der Waals surface area contributed by atoms with Crippen LogP contribution >= 0.6 is 50.2 Å². The van der Waals surface area contributed by atoms with E-state index in [4.69, 9.17) is 11.6 Å². The van der Waals surface area contributed by atoms with Crippen LogP contribution in [0.5, 0.6) is 0 Å². The monoisotopic (exact) mass is 337 g/mol. The maximum atomic E-state index is 11.6. The number of nitrogens with one attached hydrogen (secondary N) is 1. The Hall–Kier alpha value is -0.500. The summed E-state index contributed by atoms with van der Waals surface area (Å²) in [5.41, 5.74) is 0. The van der Waals surface area contributed by atoms with E-state index in [1.165, 1.54) is 0 Å². The summed E-state index contributed by atoms with van der Waals surface area (Å²) in [6.07, 6.45) is 0. The first kappa shape index (κ1) is 12.0. The van der Waals surface area contributed by atoms with E-state index in [0.717, 1.165) is 20.7 Å². The SMILES string of the molecule is O=C(NCc1cc(Br)cs1)c1nnc(Cl)s1. The minimum atomic E-state index is -0.256. The molecule has 2 heterocycles. The molecule has 1 N–H and O–H groups in total. The first-order valence-electron chi connectivity index (χ1n) is 4.15. The second-order valence-electron chi connectivity index (χ2n) is 2.77. The third-order valence-corrected chi connectivity index (χ3v) is 4.35. The van der Waals surface area contributed by atoms with E-state index in [1.807, 2.05) is 11.4 Å². The molecule has 1 amide bonds. The lowest BCUT2D eigenvalue weighted by atomic mass is 10.4. The van der Waals surface area contributed by atoms with E-state index < -0.39 is 0 Å². The van der Waals surface area contributed by atoms with E-state index in [-0.39, 0.29) is 15.4 Å². The van der Waals surface area contributed by atoms with Crippen LogP contribution in [0.15, 0.2) is 15.9 Å². The molecule has 0 spiro atoms. The topological polar surface area (TPSA) is 54.9 Å². The van der Waals surface area contributed by atoms with Crippen molar-refractivity contribution in [3.63, 3.8) is 0 Å². The first-order chi connectivity index (χ1) is 7.65. The Morgan fingerprint density at radius 3 is 2.94 bits per heavy atom. The second kappa shape index (κ2) is 5.22. The number of carbonyl (C=O) groups is 1. The van der Waals surface area contributed by atoms with Crippen LogP contribution in [0, 0.1) is 0 Å². The lowest BCUT2D eigenvalue weighted by Crippen LogP contribution is -2.22. The van der Waals surface area contributed by atoms with E-state index in [0.29, 0.717) is 6.54 Å². The van der Waals surface area contributed by atoms with Gasteiger partial charge in [-0.3, -0.25) is 4.79 Å². The number of aromatic nitrogens is 2. The Morgan fingerprint density at radius 1 is 1.56 bits per heavy atom. The van der Waals surface area contributed by atoms with Gasteiger partial charge in [0, 0.05) is 14.7 Å². The first-order valence-corrected chi connectivity index (χ1v) is 7.02. The molecule has 16 heavy (non-hydrogen) atoms. The van der Waals surface area contributed by atoms with E-state index in [2.05, 4.69) is 31.4 Å². The van der Waals surface area contributed by atoms with Crippen molar-refractivity contribution in [2.24, 2.45) is 0 Å². The minimum absolute atomic E-state index is 0.256. The van der Waals surface area contributed by atoms with Gasteiger partial charge in [0.25, 0.3) is 5.91 Å². The van der Waals surface area contributed by atoms with Crippen LogP contribution in [0.25, 0.3) is 0 Å². The molecule has 0 aliphatic carbocycles. The van der Waals surface area contributed by atoms with Crippen molar-refractivity contribution >= 4 is 56.1 Å². The summed E-state index contributed by atoms with van der Waals surface area (Å²) >= 11 is 11.6. The number of thiophene rings is 1. The van der Waals surface area contributed by atoms with Crippen LogP contribution in [-0.4, -0.2) is 16.1 Å². The average molecular weight is 339 g/mol. The Kier molecular flexibility index (Phi) is 3.91. The lowest BCUT2D eigenvalue weighted by molar-refractivity contribution is 0.0950. The zero-order valence-electron chi connectivity index (χ0n) is 7.74. The highest BCUT2D eigenvalue weighted by molar-refractivity contribution is 9.10. The lowest BCUT2D eigenvalue weighted by Gasteiger charge is -1.98. The second-order valence-corrected chi connectivity index (χ2v) is 6.25. The van der Waals surface area contributed by atoms with Gasteiger partial charge in [-0.2, -0.15) is 0 Å². The zero-order valence-corrected chi connectivity index (χ0v) is 11.7. The Labute approximate surface area is 113 Å². The number of amides is 1. The predicted octanol–water partition coefficient (Wildman–Crippen LogP) is 2.95. The Balaban J connectivity index is 1.93. The maximum absolute atomic E-state index is 11.6. The smallest absolute Gasteiger partial charge is 0.282 e. The molecule has 8 heteroatoms. The molecular weight excluding hydrogens is 334 g/mol. The molecule has 84 valence electrons. The van der Waals surface area contributed by atoms with Crippen LogP contribution in [0.2, 0.25) is 4.47 Å². The molecule has 2 aromatic rings. The standard InChI is InChI=1S/C8H5BrClN3OS2/c9-4-1-5(15-3-4)2-11-6(14)7-12-13-8(10)16-7/h1,3H,2H2,(H,11,14). The summed E-state index contributed by atoms with van der Waals surface area (Å²) in [6, 6.07) is 1.96. The third kappa shape index (κ3) is 3.00. The van der Waals surface area contributed by atoms with Crippen LogP contribution in [-0.2, 0) is 6.54 Å². The Bertz CT molecular complexity index is 513. The van der Waals surface area contributed by atoms with Crippen molar-refractivity contribution in [1.82, 2.24) is 15.5 Å². The quantitative estimate of drug-likeness (QED) is 0.936. The van der Waals surface area contributed by atoms with Gasteiger partial charge in [0.15, 0.2) is 0 Å². The summed E-state index contributed by atoms with van der Waals surface area (Å²) in [6.45, 7) is 0.478. The van der Waals surface area contributed by atoms with Gasteiger partial charge in [-0.25, -0.2) is 0 Å². The minimum Gasteiger partial charge on any atom is -0.345 e. The summed E-state index contributed by atoms with van der Waals surface area (Å²) in [5.74, 6) is -0.256. The van der Waals surface area contributed by atoms with Gasteiger partial charge in [0.1, 0.15) is 0 Å². The molecule has 4 nitrogen and oxygen atoms in total. The average Bonchev–Trinajstić information content (AvgIpc) is 2.84. The Morgan fingerprint density at radius 2 is 2.38 bits per heavy atom. The van der Waals surface area contributed by atoms with E-state index in [1.54, 1.807) is 11.3 Å². The van der Waals surface area contributed by atoms with Gasteiger partial charge in [0.2, 0.25) is 9.47 Å². The van der Waals surface area contributed by atoms with Crippen molar-refractivity contribution in [3.8, 4) is 0 Å². The van der Waals surface area contributed by atoms with Crippen LogP contribution in [0.3, 0.4) is 0 Å². The van der Waals surface area contributed by atoms with Gasteiger partial charge in [-0.1, -0.05) is 11.3 Å². The molecular formula is C8H5BrClN3OS2. The van der Waals surface area contributed by atoms with Crippen molar-refractivity contribution in [1.29, 1.82) is 0 Å². The van der Waals surface area contributed by atoms with Crippen LogP contribution < -0.4 is 5.32 Å². The highest BCUT2D eigenvalue weighted by Crippen LogP contribution is 2.20. The number of hydrogen-bond acceptors (Lipinski definition) is 5. The summed E-state index contributed by atoms with van der Waals surface area (Å²) in [5, 5.41) is 12.2. The van der Waals surface area contributed by atoms with Gasteiger partial charge in [-0.15, -0.1) is 21.5 Å². The maximum Gasteiger partial charge on any atom is 0.282 e. The van der Waals surface area contributed by atoms with Crippen LogP contribution in [0.1, 0.15) is 14.7 Å². The van der Waals surface area contributed by atoms with Crippen molar-refractivity contribution < 1.29 is 4.79 Å². The summed E-state index contributed by atoms with van der Waals surface area (Å²) in [4.78, 5) is 12.6. The fraction of sp³-hybridized carbons (Fsp3) is 0.125. The molecule has 0 aromatic carbocycles. The number of hydrogen-bond donors (Lipinski definition) is 1. The molecule has 0 atom stereocenters. The normalized spacial score (nSPS) is 10.4.